The summed E-state index contributed by atoms with van der Waals surface area (Å²) >= 11 is 0. The number of amides is 1. The van der Waals surface area contributed by atoms with Crippen LogP contribution in [0.2, 0.25) is 0 Å². The molecule has 0 aliphatic heterocycles. The Morgan fingerprint density at radius 3 is 2.94 bits per heavy atom. The zero-order valence-corrected chi connectivity index (χ0v) is 9.42. The summed E-state index contributed by atoms with van der Waals surface area (Å²) in [5.74, 6) is 0.356. The molecule has 0 radical (unpaired) electrons. The van der Waals surface area contributed by atoms with Gasteiger partial charge in [-0.15, -0.1) is 0 Å². The van der Waals surface area contributed by atoms with Gasteiger partial charge in [0.2, 0.25) is 5.91 Å². The summed E-state index contributed by atoms with van der Waals surface area (Å²) in [5.41, 5.74) is 6.72. The van der Waals surface area contributed by atoms with Gasteiger partial charge in [-0.25, -0.2) is 4.98 Å². The van der Waals surface area contributed by atoms with Gasteiger partial charge in [-0.2, -0.15) is 0 Å². The summed E-state index contributed by atoms with van der Waals surface area (Å²) in [5, 5.41) is 9.43. The fourth-order valence-corrected chi connectivity index (χ4v) is 1.71. The molecule has 1 heterocycles. The van der Waals surface area contributed by atoms with Crippen LogP contribution in [0.25, 0.3) is 11.4 Å². The molecule has 2 aromatic rings. The lowest BCUT2D eigenvalue weighted by Crippen LogP contribution is -2.18. The van der Waals surface area contributed by atoms with Crippen LogP contribution in [0.4, 0.5) is 0 Å². The Kier molecular flexibility index (Phi) is 2.82. The molecule has 0 bridgehead atoms. The lowest BCUT2D eigenvalue weighted by atomic mass is 10.2. The monoisotopic (exact) mass is 231 g/mol. The van der Waals surface area contributed by atoms with Crippen molar-refractivity contribution in [3.8, 4) is 17.1 Å². The highest BCUT2D eigenvalue weighted by Gasteiger charge is 2.10. The Bertz CT molecular complexity index is 561. The molecule has 0 unspecified atom stereocenters. The zero-order valence-electron chi connectivity index (χ0n) is 9.42. The number of hydrogen-bond donors (Lipinski definition) is 2. The van der Waals surface area contributed by atoms with Crippen molar-refractivity contribution in [1.82, 2.24) is 9.55 Å². The van der Waals surface area contributed by atoms with Crippen LogP contribution < -0.4 is 5.73 Å². The summed E-state index contributed by atoms with van der Waals surface area (Å²) < 4.78 is 1.67. The van der Waals surface area contributed by atoms with Gasteiger partial charge in [0.15, 0.2) is 0 Å². The van der Waals surface area contributed by atoms with E-state index in [0.717, 1.165) is 11.3 Å². The number of aromatic hydroxyl groups is 1. The number of aromatic nitrogens is 2. The van der Waals surface area contributed by atoms with E-state index in [1.165, 1.54) is 0 Å². The van der Waals surface area contributed by atoms with Crippen molar-refractivity contribution >= 4 is 5.91 Å². The van der Waals surface area contributed by atoms with Crippen molar-refractivity contribution in [3.63, 3.8) is 0 Å². The number of benzene rings is 1. The molecule has 5 nitrogen and oxygen atoms in total. The van der Waals surface area contributed by atoms with Crippen molar-refractivity contribution in [2.45, 2.75) is 13.5 Å². The Morgan fingerprint density at radius 1 is 1.53 bits per heavy atom. The molecule has 1 amide bonds. The molecule has 2 rings (SSSR count). The van der Waals surface area contributed by atoms with Crippen molar-refractivity contribution < 1.29 is 9.90 Å². The molecule has 0 atom stereocenters. The van der Waals surface area contributed by atoms with Gasteiger partial charge in [-0.3, -0.25) is 4.79 Å². The molecule has 88 valence electrons. The van der Waals surface area contributed by atoms with Crippen LogP contribution in [-0.2, 0) is 11.3 Å². The fourth-order valence-electron chi connectivity index (χ4n) is 1.71. The second kappa shape index (κ2) is 4.29. The van der Waals surface area contributed by atoms with Crippen molar-refractivity contribution in [3.05, 3.63) is 36.2 Å². The van der Waals surface area contributed by atoms with Gasteiger partial charge in [-0.05, 0) is 19.1 Å². The van der Waals surface area contributed by atoms with E-state index in [9.17, 15) is 9.90 Å². The lowest BCUT2D eigenvalue weighted by molar-refractivity contribution is -0.118. The van der Waals surface area contributed by atoms with Gasteiger partial charge < -0.3 is 15.4 Å². The van der Waals surface area contributed by atoms with Gasteiger partial charge >= 0.3 is 0 Å². The second-order valence-electron chi connectivity index (χ2n) is 3.85. The third kappa shape index (κ3) is 2.44. The number of nitrogens with two attached hydrogens (primary N) is 1. The molecule has 1 aromatic heterocycles. The average molecular weight is 231 g/mol. The number of carbonyl (C=O) groups excluding carboxylic acids is 1. The predicted octanol–water partition coefficient (Wildman–Crippen LogP) is 1.05. The molecule has 3 N–H and O–H groups in total. The highest BCUT2D eigenvalue weighted by molar-refractivity contribution is 5.74. The van der Waals surface area contributed by atoms with Crippen LogP contribution in [0.5, 0.6) is 5.75 Å². The van der Waals surface area contributed by atoms with Gasteiger partial charge in [0, 0.05) is 11.8 Å². The minimum atomic E-state index is -0.427. The van der Waals surface area contributed by atoms with E-state index < -0.39 is 5.91 Å². The van der Waals surface area contributed by atoms with Crippen LogP contribution in [0.3, 0.4) is 0 Å². The number of phenols is 1. The lowest BCUT2D eigenvalue weighted by Gasteiger charge is -2.05. The SMILES string of the molecule is Cc1cn(CC(N)=O)c(-c2cccc(O)c2)n1. The predicted molar refractivity (Wildman–Crippen MR) is 63.3 cm³/mol. The molecule has 0 fully saturated rings. The summed E-state index contributed by atoms with van der Waals surface area (Å²) in [4.78, 5) is 15.3. The normalized spacial score (nSPS) is 10.4. The smallest absolute Gasteiger partial charge is 0.237 e. The number of carbonyl (C=O) groups is 1. The van der Waals surface area contributed by atoms with Crippen molar-refractivity contribution in [2.75, 3.05) is 0 Å². The van der Waals surface area contributed by atoms with E-state index in [2.05, 4.69) is 4.98 Å². The minimum Gasteiger partial charge on any atom is -0.508 e. The third-order valence-corrected chi connectivity index (χ3v) is 2.33. The van der Waals surface area contributed by atoms with E-state index in [-0.39, 0.29) is 12.3 Å². The molecule has 0 spiro atoms. The summed E-state index contributed by atoms with van der Waals surface area (Å²) in [6.07, 6.45) is 1.75. The summed E-state index contributed by atoms with van der Waals surface area (Å²) in [6.45, 7) is 1.91. The molecule has 0 aliphatic carbocycles. The van der Waals surface area contributed by atoms with Gasteiger partial charge in [0.25, 0.3) is 0 Å². The first-order chi connectivity index (χ1) is 8.06. The molecule has 0 saturated carbocycles. The number of rotatable bonds is 3. The van der Waals surface area contributed by atoms with E-state index in [1.807, 2.05) is 13.0 Å². The van der Waals surface area contributed by atoms with E-state index in [4.69, 9.17) is 5.73 Å². The molecule has 5 heteroatoms. The van der Waals surface area contributed by atoms with Gasteiger partial charge in [0.05, 0.1) is 5.69 Å². The van der Waals surface area contributed by atoms with Gasteiger partial charge in [-0.1, -0.05) is 12.1 Å². The molecule has 0 saturated heterocycles. The maximum atomic E-state index is 11.0. The number of nitrogens with zero attached hydrogens (tertiary/aromatic N) is 2. The van der Waals surface area contributed by atoms with E-state index in [0.29, 0.717) is 5.82 Å². The summed E-state index contributed by atoms with van der Waals surface area (Å²) in [7, 11) is 0. The highest BCUT2D eigenvalue weighted by Crippen LogP contribution is 2.22. The first-order valence-electron chi connectivity index (χ1n) is 5.18. The Labute approximate surface area is 98.5 Å². The van der Waals surface area contributed by atoms with Crippen LogP contribution >= 0.6 is 0 Å². The van der Waals surface area contributed by atoms with Crippen LogP contribution in [0.1, 0.15) is 5.69 Å². The molecular formula is C12H13N3O2. The topological polar surface area (TPSA) is 81.1 Å². The number of imidazole rings is 1. The number of phenolic OH excluding ortho intramolecular Hbond substituents is 1. The second-order valence-corrected chi connectivity index (χ2v) is 3.85. The van der Waals surface area contributed by atoms with E-state index in [1.54, 1.807) is 29.0 Å². The Balaban J connectivity index is 2.47. The minimum absolute atomic E-state index is 0.0752. The number of aryl methyl sites for hydroxylation is 1. The standard InChI is InChI=1S/C12H13N3O2/c1-8-6-15(7-11(13)17)12(14-8)9-3-2-4-10(16)5-9/h2-6,16H,7H2,1H3,(H2,13,17). The van der Waals surface area contributed by atoms with Crippen LogP contribution in [0, 0.1) is 6.92 Å². The maximum Gasteiger partial charge on any atom is 0.237 e. The van der Waals surface area contributed by atoms with Crippen LogP contribution in [-0.4, -0.2) is 20.6 Å². The third-order valence-electron chi connectivity index (χ3n) is 2.33. The molecular weight excluding hydrogens is 218 g/mol. The largest absolute Gasteiger partial charge is 0.508 e. The Morgan fingerprint density at radius 2 is 2.29 bits per heavy atom. The Hall–Kier alpha value is -2.30. The fraction of sp³-hybridized carbons (Fsp3) is 0.167. The quantitative estimate of drug-likeness (QED) is 0.828. The zero-order chi connectivity index (χ0) is 12.4. The first-order valence-corrected chi connectivity index (χ1v) is 5.18. The van der Waals surface area contributed by atoms with Crippen LogP contribution in [0.15, 0.2) is 30.5 Å². The molecule has 1 aromatic carbocycles. The summed E-state index contributed by atoms with van der Waals surface area (Å²) in [6, 6.07) is 6.72. The molecule has 17 heavy (non-hydrogen) atoms. The average Bonchev–Trinajstić information content (AvgIpc) is 2.58. The first kappa shape index (κ1) is 11.2. The number of primary amides is 1. The van der Waals surface area contributed by atoms with E-state index >= 15 is 0 Å². The number of hydrogen-bond acceptors (Lipinski definition) is 3. The highest BCUT2D eigenvalue weighted by atomic mass is 16.3. The van der Waals surface area contributed by atoms with Crippen molar-refractivity contribution in [2.24, 2.45) is 5.73 Å². The van der Waals surface area contributed by atoms with Crippen molar-refractivity contribution in [1.29, 1.82) is 0 Å². The molecule has 0 aliphatic rings. The van der Waals surface area contributed by atoms with Gasteiger partial charge in [0.1, 0.15) is 18.1 Å². The maximum absolute atomic E-state index is 11.0.